The number of carboxylic acids is 1. The molecular formula is C8H18N4O2. The second-order valence-corrected chi connectivity index (χ2v) is 2.60. The summed E-state index contributed by atoms with van der Waals surface area (Å²) in [6, 6.07) is -1.02. The molecule has 0 unspecified atom stereocenters. The molecule has 0 spiro atoms. The molecule has 0 amide bonds. The van der Waals surface area contributed by atoms with Crippen LogP contribution in [0.3, 0.4) is 0 Å². The van der Waals surface area contributed by atoms with E-state index in [9.17, 15) is 4.79 Å². The van der Waals surface area contributed by atoms with Gasteiger partial charge in [-0.3, -0.25) is 9.79 Å². The van der Waals surface area contributed by atoms with E-state index in [4.69, 9.17) is 19.1 Å². The number of nitrogens with zero attached hydrogens (tertiary/aromatic N) is 1. The summed E-state index contributed by atoms with van der Waals surface area (Å²) in [6.07, 6.45) is 0.479. The number of guanidine groups is 1. The van der Waals surface area contributed by atoms with E-state index in [1.165, 1.54) is 0 Å². The molecule has 0 aromatic heterocycles. The number of nitrogens with one attached hydrogen (secondary N) is 2. The minimum Gasteiger partial charge on any atom is -0.480 e. The highest BCUT2D eigenvalue weighted by molar-refractivity contribution is 5.79. The second-order valence-electron chi connectivity index (χ2n) is 2.60. The van der Waals surface area contributed by atoms with E-state index in [1.807, 2.05) is 5.32 Å². The standard InChI is InChI=1S/C8H18N4O2/c1-10-8(11-2)12-5-3-4-6(9)7(13)14/h6H,3-5,9H2,1-2H3,(H,13,14)(H2,10,11,12)/t6-/m1/s1/i1D3,2D3. The maximum absolute atomic E-state index is 10.5. The van der Waals surface area contributed by atoms with Crippen molar-refractivity contribution in [3.8, 4) is 0 Å². The first-order chi connectivity index (χ1) is 8.91. The van der Waals surface area contributed by atoms with Gasteiger partial charge in [0.1, 0.15) is 6.04 Å². The van der Waals surface area contributed by atoms with Gasteiger partial charge in [0.15, 0.2) is 5.96 Å². The van der Waals surface area contributed by atoms with Crippen LogP contribution in [0.4, 0.5) is 0 Å². The van der Waals surface area contributed by atoms with E-state index < -0.39 is 31.9 Å². The Bertz CT molecular complexity index is 354. The van der Waals surface area contributed by atoms with Crippen molar-refractivity contribution in [2.75, 3.05) is 20.5 Å². The van der Waals surface area contributed by atoms with Crippen LogP contribution in [-0.2, 0) is 4.79 Å². The third kappa shape index (κ3) is 5.36. The molecule has 1 atom stereocenters. The van der Waals surface area contributed by atoms with Crippen LogP contribution >= 0.6 is 0 Å². The fraction of sp³-hybridized carbons (Fsp3) is 0.750. The monoisotopic (exact) mass is 208 g/mol. The maximum atomic E-state index is 10.5. The molecule has 0 aliphatic rings. The summed E-state index contributed by atoms with van der Waals surface area (Å²) in [7, 11) is 0. The molecule has 0 aromatic carbocycles. The zero-order valence-corrected chi connectivity index (χ0v) is 7.58. The van der Waals surface area contributed by atoms with Crippen molar-refractivity contribution in [2.24, 2.45) is 10.7 Å². The number of rotatable bonds is 5. The van der Waals surface area contributed by atoms with Gasteiger partial charge in [-0.15, -0.1) is 0 Å². The molecule has 0 radical (unpaired) electrons. The zero-order chi connectivity index (χ0) is 16.0. The van der Waals surface area contributed by atoms with Crippen LogP contribution in [0, 0.1) is 0 Å². The third-order valence-corrected chi connectivity index (χ3v) is 1.53. The van der Waals surface area contributed by atoms with Crippen LogP contribution in [0.25, 0.3) is 0 Å². The number of nitrogens with two attached hydrogens (primary N) is 1. The lowest BCUT2D eigenvalue weighted by Gasteiger charge is -2.09. The van der Waals surface area contributed by atoms with Crippen molar-refractivity contribution in [3.63, 3.8) is 0 Å². The minimum absolute atomic E-state index is 0.138. The Labute approximate surface area is 92.0 Å². The first-order valence-electron chi connectivity index (χ1n) is 7.01. The smallest absolute Gasteiger partial charge is 0.320 e. The molecule has 14 heavy (non-hydrogen) atoms. The topological polar surface area (TPSA) is 99.7 Å². The number of aliphatic imine (C=N–C) groups is 1. The third-order valence-electron chi connectivity index (χ3n) is 1.53. The molecule has 0 bridgehead atoms. The number of aliphatic carboxylic acids is 1. The van der Waals surface area contributed by atoms with E-state index >= 15 is 0 Å². The molecule has 0 aliphatic heterocycles. The molecule has 0 aliphatic carbocycles. The zero-order valence-electron chi connectivity index (χ0n) is 13.6. The van der Waals surface area contributed by atoms with Gasteiger partial charge in [-0.2, -0.15) is 0 Å². The fourth-order valence-electron chi connectivity index (χ4n) is 0.764. The van der Waals surface area contributed by atoms with Crippen molar-refractivity contribution in [1.82, 2.24) is 10.6 Å². The van der Waals surface area contributed by atoms with Crippen molar-refractivity contribution < 1.29 is 18.1 Å². The number of carboxylic acid groups (broad SMARTS) is 1. The predicted molar refractivity (Wildman–Crippen MR) is 55.3 cm³/mol. The van der Waals surface area contributed by atoms with E-state index in [2.05, 4.69) is 10.3 Å². The minimum atomic E-state index is -2.68. The van der Waals surface area contributed by atoms with Gasteiger partial charge in [0, 0.05) is 28.7 Å². The second kappa shape index (κ2) is 7.14. The van der Waals surface area contributed by atoms with Crippen LogP contribution in [0.15, 0.2) is 4.99 Å². The summed E-state index contributed by atoms with van der Waals surface area (Å²) >= 11 is 0. The Kier molecular flexibility index (Phi) is 2.83. The van der Waals surface area contributed by atoms with Crippen molar-refractivity contribution >= 4 is 11.9 Å². The average molecular weight is 208 g/mol. The predicted octanol–water partition coefficient (Wildman–Crippen LogP) is -1.03. The molecule has 0 aromatic rings. The molecule has 0 rings (SSSR count). The van der Waals surface area contributed by atoms with Gasteiger partial charge < -0.3 is 21.5 Å². The molecule has 6 nitrogen and oxygen atoms in total. The Morgan fingerprint density at radius 1 is 1.79 bits per heavy atom. The largest absolute Gasteiger partial charge is 0.480 e. The quantitative estimate of drug-likeness (QED) is 0.263. The number of carbonyl (C=O) groups is 1. The Hall–Kier alpha value is -1.30. The SMILES string of the molecule is [2H]C([2H])([2H])N=C(NCCC[C@@H](N)C(=O)O)NC([2H])([2H])[2H]. The van der Waals surface area contributed by atoms with Gasteiger partial charge in [-0.1, -0.05) is 0 Å². The van der Waals surface area contributed by atoms with E-state index in [-0.39, 0.29) is 13.0 Å². The van der Waals surface area contributed by atoms with Gasteiger partial charge in [-0.25, -0.2) is 0 Å². The highest BCUT2D eigenvalue weighted by atomic mass is 16.4. The van der Waals surface area contributed by atoms with Crippen molar-refractivity contribution in [1.29, 1.82) is 0 Å². The summed E-state index contributed by atoms with van der Waals surface area (Å²) in [5, 5.41) is 13.0. The number of hydrogen-bond acceptors (Lipinski definition) is 3. The molecular weight excluding hydrogens is 184 g/mol. The molecule has 0 saturated carbocycles. The van der Waals surface area contributed by atoms with Crippen molar-refractivity contribution in [3.05, 3.63) is 0 Å². The van der Waals surface area contributed by atoms with Crippen LogP contribution in [-0.4, -0.2) is 43.6 Å². The highest BCUT2D eigenvalue weighted by Gasteiger charge is 2.09. The van der Waals surface area contributed by atoms with Crippen LogP contribution < -0.4 is 16.4 Å². The van der Waals surface area contributed by atoms with E-state index in [0.717, 1.165) is 0 Å². The lowest BCUT2D eigenvalue weighted by molar-refractivity contribution is -0.138. The molecule has 82 valence electrons. The first-order valence-corrected chi connectivity index (χ1v) is 4.01. The van der Waals surface area contributed by atoms with Crippen LogP contribution in [0.2, 0.25) is 0 Å². The van der Waals surface area contributed by atoms with Gasteiger partial charge in [-0.05, 0) is 12.8 Å². The van der Waals surface area contributed by atoms with Gasteiger partial charge in [0.05, 0.1) is 0 Å². The molecule has 6 heteroatoms. The molecule has 5 N–H and O–H groups in total. The molecule has 0 heterocycles. The normalized spacial score (nSPS) is 21.6. The Balaban J connectivity index is 4.39. The highest BCUT2D eigenvalue weighted by Crippen LogP contribution is 1.92. The van der Waals surface area contributed by atoms with E-state index in [1.54, 1.807) is 0 Å². The first kappa shape index (κ1) is 5.55. The summed E-state index contributed by atoms with van der Waals surface area (Å²) in [6.45, 7) is -5.13. The summed E-state index contributed by atoms with van der Waals surface area (Å²) < 4.78 is 41.9. The summed E-state index contributed by atoms with van der Waals surface area (Å²) in [5.41, 5.74) is 5.28. The lowest BCUT2D eigenvalue weighted by Crippen LogP contribution is -2.36. The average Bonchev–Trinajstić information content (AvgIpc) is 2.18. The summed E-state index contributed by atoms with van der Waals surface area (Å²) in [5.74, 6) is -1.53. The number of hydrogen-bond donors (Lipinski definition) is 4. The fourth-order valence-corrected chi connectivity index (χ4v) is 0.764. The van der Waals surface area contributed by atoms with Gasteiger partial charge in [0.25, 0.3) is 0 Å². The molecule has 0 fully saturated rings. The maximum Gasteiger partial charge on any atom is 0.320 e. The molecule has 0 saturated heterocycles. The van der Waals surface area contributed by atoms with Gasteiger partial charge >= 0.3 is 5.97 Å². The van der Waals surface area contributed by atoms with Gasteiger partial charge in [0.2, 0.25) is 0 Å². The summed E-state index contributed by atoms with van der Waals surface area (Å²) in [4.78, 5) is 13.7. The van der Waals surface area contributed by atoms with Crippen molar-refractivity contribution in [2.45, 2.75) is 18.9 Å². The Morgan fingerprint density at radius 2 is 2.57 bits per heavy atom. The van der Waals surface area contributed by atoms with Crippen LogP contribution in [0.5, 0.6) is 0 Å². The van der Waals surface area contributed by atoms with E-state index in [0.29, 0.717) is 6.42 Å². The Morgan fingerprint density at radius 3 is 3.14 bits per heavy atom. The lowest BCUT2D eigenvalue weighted by atomic mass is 10.2. The van der Waals surface area contributed by atoms with Crippen LogP contribution in [0.1, 0.15) is 21.1 Å².